The van der Waals surface area contributed by atoms with Gasteiger partial charge in [0.05, 0.1) is 24.6 Å². The van der Waals surface area contributed by atoms with Crippen LogP contribution in [0.2, 0.25) is 0 Å². The summed E-state index contributed by atoms with van der Waals surface area (Å²) < 4.78 is 90.0. The Kier molecular flexibility index (Phi) is 6.13. The lowest BCUT2D eigenvalue weighted by molar-refractivity contribution is -0.331. The second-order valence-corrected chi connectivity index (χ2v) is 3.98. The maximum Gasteiger partial charge on any atom is 0.448 e. The van der Waals surface area contributed by atoms with Gasteiger partial charge in [0.2, 0.25) is 0 Å². The third-order valence-corrected chi connectivity index (χ3v) is 2.13. The van der Waals surface area contributed by atoms with Crippen molar-refractivity contribution in [1.29, 1.82) is 0 Å². The Labute approximate surface area is 94.9 Å². The first kappa shape index (κ1) is 16.4. The van der Waals surface area contributed by atoms with Crippen molar-refractivity contribution in [1.82, 2.24) is 0 Å². The van der Waals surface area contributed by atoms with Crippen LogP contribution in [0.15, 0.2) is 12.4 Å². The van der Waals surface area contributed by atoms with Gasteiger partial charge < -0.3 is 4.74 Å². The van der Waals surface area contributed by atoms with E-state index in [4.69, 9.17) is 0 Å². The standard InChI is InChI=1S/C7H8F6O3S/c1-5(8)4-6(9,7(10,11)12)15-2-3-17(14)16-13/h1-4H2. The smallest absolute Gasteiger partial charge is 0.338 e. The highest BCUT2D eigenvalue weighted by atomic mass is 32.2. The minimum absolute atomic E-state index is 0.836. The Hall–Kier alpha value is -0.610. The predicted octanol–water partition coefficient (Wildman–Crippen LogP) is 2.67. The summed E-state index contributed by atoms with van der Waals surface area (Å²) in [7, 11) is 0. The molecule has 0 N–H and O–H groups in total. The van der Waals surface area contributed by atoms with Gasteiger partial charge >= 0.3 is 12.0 Å². The molecule has 0 fully saturated rings. The minimum Gasteiger partial charge on any atom is -0.338 e. The van der Waals surface area contributed by atoms with Gasteiger partial charge in [0.1, 0.15) is 0 Å². The van der Waals surface area contributed by atoms with Gasteiger partial charge in [-0.25, -0.2) is 13.0 Å². The van der Waals surface area contributed by atoms with Crippen molar-refractivity contribution in [3.8, 4) is 0 Å². The van der Waals surface area contributed by atoms with E-state index in [1.165, 1.54) is 0 Å². The zero-order valence-electron chi connectivity index (χ0n) is 8.23. The van der Waals surface area contributed by atoms with Crippen LogP contribution < -0.4 is 0 Å². The van der Waals surface area contributed by atoms with Gasteiger partial charge in [-0.2, -0.15) is 13.2 Å². The number of rotatable bonds is 7. The number of hydrogen-bond acceptors (Lipinski definition) is 3. The molecule has 3 nitrogen and oxygen atoms in total. The van der Waals surface area contributed by atoms with Crippen LogP contribution in [0, 0.1) is 0 Å². The molecule has 0 bridgehead atoms. The third kappa shape index (κ3) is 5.50. The van der Waals surface area contributed by atoms with E-state index in [-0.39, 0.29) is 0 Å². The molecule has 0 spiro atoms. The van der Waals surface area contributed by atoms with Gasteiger partial charge in [-0.3, -0.25) is 0 Å². The Morgan fingerprint density at radius 2 is 1.82 bits per heavy atom. The average molecular weight is 286 g/mol. The summed E-state index contributed by atoms with van der Waals surface area (Å²) in [5.41, 5.74) is 0. The molecule has 0 aromatic heterocycles. The highest BCUT2D eigenvalue weighted by molar-refractivity contribution is 7.80. The Morgan fingerprint density at radius 1 is 1.29 bits per heavy atom. The van der Waals surface area contributed by atoms with Crippen LogP contribution >= 0.6 is 0 Å². The van der Waals surface area contributed by atoms with Crippen LogP contribution in [-0.2, 0) is 20.2 Å². The van der Waals surface area contributed by atoms with Crippen molar-refractivity contribution in [2.75, 3.05) is 12.4 Å². The van der Waals surface area contributed by atoms with Gasteiger partial charge in [-0.15, -0.1) is 0 Å². The van der Waals surface area contributed by atoms with E-state index in [0.717, 1.165) is 0 Å². The first-order valence-electron chi connectivity index (χ1n) is 4.02. The summed E-state index contributed by atoms with van der Waals surface area (Å²) in [5.74, 6) is -6.70. The molecule has 0 saturated heterocycles. The van der Waals surface area contributed by atoms with Gasteiger partial charge in [-0.05, 0) is 4.53 Å². The Morgan fingerprint density at radius 3 is 2.18 bits per heavy atom. The van der Waals surface area contributed by atoms with Crippen LogP contribution in [0.4, 0.5) is 26.5 Å². The number of ether oxygens (including phenoxy) is 1. The molecule has 2 atom stereocenters. The van der Waals surface area contributed by atoms with Crippen molar-refractivity contribution < 1.29 is 39.8 Å². The fourth-order valence-electron chi connectivity index (χ4n) is 0.783. The molecule has 17 heavy (non-hydrogen) atoms. The molecule has 0 saturated carbocycles. The first-order chi connectivity index (χ1) is 7.62. The highest BCUT2D eigenvalue weighted by Crippen LogP contribution is 2.39. The molecule has 0 aliphatic heterocycles. The molecule has 0 radical (unpaired) electrons. The quantitative estimate of drug-likeness (QED) is 0.675. The zero-order valence-corrected chi connectivity index (χ0v) is 9.05. The summed E-state index contributed by atoms with van der Waals surface area (Å²) in [6.07, 6.45) is -7.25. The lowest BCUT2D eigenvalue weighted by Crippen LogP contribution is -2.44. The van der Waals surface area contributed by atoms with E-state index in [9.17, 15) is 30.7 Å². The molecule has 102 valence electrons. The summed E-state index contributed by atoms with van der Waals surface area (Å²) in [6, 6.07) is 0. The highest BCUT2D eigenvalue weighted by Gasteiger charge is 2.58. The molecule has 0 heterocycles. The van der Waals surface area contributed by atoms with Gasteiger partial charge in [-0.1, -0.05) is 11.0 Å². The monoisotopic (exact) mass is 286 g/mol. The van der Waals surface area contributed by atoms with Crippen LogP contribution in [0.25, 0.3) is 0 Å². The zero-order chi connectivity index (χ0) is 13.7. The van der Waals surface area contributed by atoms with Crippen LogP contribution in [0.5, 0.6) is 0 Å². The topological polar surface area (TPSA) is 35.5 Å². The van der Waals surface area contributed by atoms with Gasteiger partial charge in [0, 0.05) is 0 Å². The normalized spacial score (nSPS) is 17.5. The predicted molar refractivity (Wildman–Crippen MR) is 45.9 cm³/mol. The molecule has 10 heteroatoms. The van der Waals surface area contributed by atoms with E-state index in [0.29, 0.717) is 0 Å². The SMILES string of the molecule is C=C(F)CC(F)(OCCS(=O)OF)C(F)(F)F. The molecule has 0 amide bonds. The van der Waals surface area contributed by atoms with E-state index in [1.807, 2.05) is 0 Å². The van der Waals surface area contributed by atoms with E-state index in [1.54, 1.807) is 0 Å². The molecule has 0 aliphatic carbocycles. The van der Waals surface area contributed by atoms with E-state index < -0.39 is 47.7 Å². The summed E-state index contributed by atoms with van der Waals surface area (Å²) in [4.78, 5) is 0. The summed E-state index contributed by atoms with van der Waals surface area (Å²) in [6.45, 7) is 1.41. The van der Waals surface area contributed by atoms with Crippen molar-refractivity contribution in [3.63, 3.8) is 0 Å². The van der Waals surface area contributed by atoms with Crippen molar-refractivity contribution in [2.24, 2.45) is 0 Å². The maximum absolute atomic E-state index is 13.2. The summed E-state index contributed by atoms with van der Waals surface area (Å²) >= 11 is -2.54. The number of alkyl halides is 4. The molecule has 0 aliphatic rings. The van der Waals surface area contributed by atoms with Crippen molar-refractivity contribution in [3.05, 3.63) is 12.4 Å². The molecule has 2 unspecified atom stereocenters. The second-order valence-electron chi connectivity index (χ2n) is 2.84. The molecule has 0 rings (SSSR count). The Balaban J connectivity index is 4.51. The van der Waals surface area contributed by atoms with Crippen LogP contribution in [0.3, 0.4) is 0 Å². The van der Waals surface area contributed by atoms with Crippen LogP contribution in [0.1, 0.15) is 6.42 Å². The Bertz CT molecular complexity index is 294. The third-order valence-electron chi connectivity index (χ3n) is 1.49. The molecule has 0 aromatic carbocycles. The largest absolute Gasteiger partial charge is 0.448 e. The number of halogens is 6. The lowest BCUT2D eigenvalue weighted by atomic mass is 10.2. The van der Waals surface area contributed by atoms with Gasteiger partial charge in [0.15, 0.2) is 11.1 Å². The molecular weight excluding hydrogens is 278 g/mol. The maximum atomic E-state index is 13.2. The average Bonchev–Trinajstić information content (AvgIpc) is 2.14. The molecular formula is C7H8F6O3S. The fourth-order valence-corrected chi connectivity index (χ4v) is 1.07. The van der Waals surface area contributed by atoms with E-state index >= 15 is 0 Å². The summed E-state index contributed by atoms with van der Waals surface area (Å²) in [5, 5.41) is 0. The molecule has 0 aromatic rings. The van der Waals surface area contributed by atoms with Gasteiger partial charge in [0.25, 0.3) is 0 Å². The van der Waals surface area contributed by atoms with Crippen molar-refractivity contribution >= 4 is 11.1 Å². The first-order valence-corrected chi connectivity index (χ1v) is 5.27. The second kappa shape index (κ2) is 6.36. The lowest BCUT2D eigenvalue weighted by Gasteiger charge is -2.26. The minimum atomic E-state index is -5.50. The fraction of sp³-hybridized carbons (Fsp3) is 0.714. The van der Waals surface area contributed by atoms with Crippen molar-refractivity contribution in [2.45, 2.75) is 18.5 Å². The van der Waals surface area contributed by atoms with E-state index in [2.05, 4.69) is 15.7 Å². The van der Waals surface area contributed by atoms with Crippen LogP contribution in [-0.4, -0.2) is 28.6 Å². The number of hydrogen-bond donors (Lipinski definition) is 0.